The molecular formula is C21H34ClNS. The van der Waals surface area contributed by atoms with Crippen molar-refractivity contribution >= 4 is 23.4 Å². The molecule has 1 atom stereocenters. The number of benzene rings is 1. The van der Waals surface area contributed by atoms with Crippen LogP contribution in [0.4, 0.5) is 0 Å². The highest BCUT2D eigenvalue weighted by atomic mass is 35.5. The average molecular weight is 368 g/mol. The quantitative estimate of drug-likeness (QED) is 0.435. The highest BCUT2D eigenvalue weighted by molar-refractivity contribution is 7.99. The van der Waals surface area contributed by atoms with Crippen LogP contribution in [0, 0.1) is 5.92 Å². The molecule has 1 N–H and O–H groups in total. The molecule has 1 nitrogen and oxygen atoms in total. The van der Waals surface area contributed by atoms with Crippen molar-refractivity contribution in [2.75, 3.05) is 24.6 Å². The van der Waals surface area contributed by atoms with Gasteiger partial charge in [0, 0.05) is 5.02 Å². The van der Waals surface area contributed by atoms with E-state index < -0.39 is 0 Å². The Balaban J connectivity index is 1.65. The Morgan fingerprint density at radius 3 is 2.54 bits per heavy atom. The van der Waals surface area contributed by atoms with Crippen LogP contribution in [-0.4, -0.2) is 24.6 Å². The van der Waals surface area contributed by atoms with E-state index in [1.54, 1.807) is 0 Å². The summed E-state index contributed by atoms with van der Waals surface area (Å²) >= 11 is 8.11. The third-order valence-electron chi connectivity index (χ3n) is 5.42. The van der Waals surface area contributed by atoms with Crippen molar-refractivity contribution in [1.82, 2.24) is 5.32 Å². The van der Waals surface area contributed by atoms with Gasteiger partial charge >= 0.3 is 0 Å². The van der Waals surface area contributed by atoms with Crippen LogP contribution in [0.3, 0.4) is 0 Å². The number of rotatable bonds is 12. The first-order chi connectivity index (χ1) is 11.7. The van der Waals surface area contributed by atoms with Gasteiger partial charge in [0.25, 0.3) is 0 Å². The number of hydrogen-bond acceptors (Lipinski definition) is 2. The maximum atomic E-state index is 6.06. The van der Waals surface area contributed by atoms with Crippen molar-refractivity contribution in [2.45, 2.75) is 64.2 Å². The largest absolute Gasteiger partial charge is 0.317 e. The minimum Gasteiger partial charge on any atom is -0.317 e. The van der Waals surface area contributed by atoms with E-state index in [1.165, 1.54) is 75.1 Å². The maximum Gasteiger partial charge on any atom is 0.0406 e. The number of hydrogen-bond donors (Lipinski definition) is 1. The number of thioether (sulfide) groups is 1. The Hall–Kier alpha value is -0.180. The van der Waals surface area contributed by atoms with E-state index in [9.17, 15) is 0 Å². The summed E-state index contributed by atoms with van der Waals surface area (Å²) in [6, 6.07) is 8.61. The Morgan fingerprint density at radius 2 is 1.92 bits per heavy atom. The molecule has 0 spiro atoms. The second-order valence-electron chi connectivity index (χ2n) is 7.39. The van der Waals surface area contributed by atoms with Gasteiger partial charge in [0.05, 0.1) is 0 Å². The summed E-state index contributed by atoms with van der Waals surface area (Å²) in [5.41, 5.74) is 1.94. The first-order valence-electron chi connectivity index (χ1n) is 9.71. The van der Waals surface area contributed by atoms with Gasteiger partial charge in [-0.05, 0) is 92.1 Å². The van der Waals surface area contributed by atoms with Gasteiger partial charge in [-0.25, -0.2) is 0 Å². The minimum atomic E-state index is 0.432. The molecule has 2 rings (SSSR count). The number of nitrogens with one attached hydrogen (secondary N) is 1. The minimum absolute atomic E-state index is 0.432. The van der Waals surface area contributed by atoms with E-state index in [-0.39, 0.29) is 0 Å². The van der Waals surface area contributed by atoms with Crippen molar-refractivity contribution in [3.05, 3.63) is 34.9 Å². The zero-order chi connectivity index (χ0) is 17.3. The zero-order valence-electron chi connectivity index (χ0n) is 15.5. The lowest BCUT2D eigenvalue weighted by atomic mass is 9.60. The molecule has 1 aliphatic rings. The average Bonchev–Trinajstić information content (AvgIpc) is 2.54. The fourth-order valence-corrected chi connectivity index (χ4v) is 4.68. The van der Waals surface area contributed by atoms with Gasteiger partial charge in [-0.15, -0.1) is 0 Å². The van der Waals surface area contributed by atoms with Gasteiger partial charge in [-0.1, -0.05) is 44.0 Å². The molecule has 1 aliphatic carbocycles. The van der Waals surface area contributed by atoms with Crippen molar-refractivity contribution < 1.29 is 0 Å². The molecule has 1 fully saturated rings. The summed E-state index contributed by atoms with van der Waals surface area (Å²) in [5.74, 6) is 3.35. The van der Waals surface area contributed by atoms with Gasteiger partial charge in [0.15, 0.2) is 0 Å². The molecule has 0 radical (unpaired) electrons. The van der Waals surface area contributed by atoms with Crippen LogP contribution in [0.25, 0.3) is 0 Å². The van der Waals surface area contributed by atoms with E-state index in [0.29, 0.717) is 5.41 Å². The lowest BCUT2D eigenvalue weighted by Crippen LogP contribution is -2.36. The second kappa shape index (κ2) is 10.7. The summed E-state index contributed by atoms with van der Waals surface area (Å²) in [5, 5.41) is 4.49. The van der Waals surface area contributed by atoms with Gasteiger partial charge in [0.1, 0.15) is 0 Å². The van der Waals surface area contributed by atoms with Gasteiger partial charge in [0.2, 0.25) is 0 Å². The monoisotopic (exact) mass is 367 g/mol. The molecule has 0 saturated heterocycles. The van der Waals surface area contributed by atoms with Crippen LogP contribution < -0.4 is 5.32 Å². The van der Waals surface area contributed by atoms with Crippen molar-refractivity contribution in [3.8, 4) is 0 Å². The van der Waals surface area contributed by atoms with Gasteiger partial charge < -0.3 is 5.32 Å². The Bertz CT molecular complexity index is 455. The Kier molecular flexibility index (Phi) is 9.00. The fraction of sp³-hybridized carbons (Fsp3) is 0.714. The molecule has 1 unspecified atom stereocenters. The van der Waals surface area contributed by atoms with Crippen LogP contribution >= 0.6 is 23.4 Å². The molecule has 1 saturated carbocycles. The lowest BCUT2D eigenvalue weighted by molar-refractivity contribution is 0.190. The predicted molar refractivity (Wildman–Crippen MR) is 110 cm³/mol. The predicted octanol–water partition coefficient (Wildman–Crippen LogP) is 6.30. The molecule has 0 aliphatic heterocycles. The molecule has 1 aromatic rings. The summed E-state index contributed by atoms with van der Waals surface area (Å²) in [4.78, 5) is 0. The van der Waals surface area contributed by atoms with E-state index >= 15 is 0 Å². The van der Waals surface area contributed by atoms with E-state index in [1.807, 2.05) is 0 Å². The van der Waals surface area contributed by atoms with Crippen LogP contribution in [0.15, 0.2) is 24.3 Å². The summed E-state index contributed by atoms with van der Waals surface area (Å²) < 4.78 is 0. The van der Waals surface area contributed by atoms with Crippen molar-refractivity contribution in [2.24, 2.45) is 5.92 Å². The maximum absolute atomic E-state index is 6.06. The lowest BCUT2D eigenvalue weighted by Gasteiger charge is -2.44. The highest BCUT2D eigenvalue weighted by Crippen LogP contribution is 2.48. The molecule has 136 valence electrons. The molecule has 3 heteroatoms. The Labute approximate surface area is 158 Å². The van der Waals surface area contributed by atoms with Crippen LogP contribution in [0.2, 0.25) is 5.02 Å². The Morgan fingerprint density at radius 1 is 1.17 bits per heavy atom. The summed E-state index contributed by atoms with van der Waals surface area (Å²) in [7, 11) is 0. The molecule has 0 bridgehead atoms. The summed E-state index contributed by atoms with van der Waals surface area (Å²) in [6.45, 7) is 7.01. The third-order valence-corrected chi connectivity index (χ3v) is 6.65. The smallest absolute Gasteiger partial charge is 0.0406 e. The highest BCUT2D eigenvalue weighted by Gasteiger charge is 2.39. The van der Waals surface area contributed by atoms with Crippen LogP contribution in [-0.2, 0) is 5.41 Å². The second-order valence-corrected chi connectivity index (χ2v) is 9.22. The molecule has 0 aromatic heterocycles. The fourth-order valence-electron chi connectivity index (χ4n) is 3.86. The first kappa shape index (κ1) is 20.1. The molecule has 0 heterocycles. The van der Waals surface area contributed by atoms with E-state index in [0.717, 1.165) is 10.9 Å². The molecule has 24 heavy (non-hydrogen) atoms. The third kappa shape index (κ3) is 6.28. The normalized spacial score (nSPS) is 17.5. The molecular weight excluding hydrogens is 334 g/mol. The van der Waals surface area contributed by atoms with Crippen LogP contribution in [0.5, 0.6) is 0 Å². The SMILES string of the molecule is CCSCCCCNCCC(C)CC1(c2ccc(Cl)cc2)CCC1. The van der Waals surface area contributed by atoms with Gasteiger partial charge in [-0.2, -0.15) is 11.8 Å². The topological polar surface area (TPSA) is 12.0 Å². The first-order valence-corrected chi connectivity index (χ1v) is 11.2. The van der Waals surface area contributed by atoms with Crippen LogP contribution in [0.1, 0.15) is 64.4 Å². The number of halogens is 1. The molecule has 0 amide bonds. The van der Waals surface area contributed by atoms with E-state index in [2.05, 4.69) is 55.2 Å². The van der Waals surface area contributed by atoms with Crippen molar-refractivity contribution in [3.63, 3.8) is 0 Å². The zero-order valence-corrected chi connectivity index (χ0v) is 17.0. The van der Waals surface area contributed by atoms with E-state index in [4.69, 9.17) is 11.6 Å². The number of unbranched alkanes of at least 4 members (excludes halogenated alkanes) is 1. The van der Waals surface area contributed by atoms with Crippen molar-refractivity contribution in [1.29, 1.82) is 0 Å². The van der Waals surface area contributed by atoms with Gasteiger partial charge in [-0.3, -0.25) is 0 Å². The standard InChI is InChI=1S/C21H34ClNS/c1-3-24-16-5-4-14-23-15-11-18(2)17-21(12-6-13-21)19-7-9-20(22)10-8-19/h7-10,18,23H,3-6,11-17H2,1-2H3. The summed E-state index contributed by atoms with van der Waals surface area (Å²) in [6.07, 6.45) is 9.35. The molecule has 1 aromatic carbocycles.